The van der Waals surface area contributed by atoms with Crippen LogP contribution in [-0.4, -0.2) is 21.3 Å². The molecule has 84 valence electrons. The third kappa shape index (κ3) is 1.32. The van der Waals surface area contributed by atoms with Crippen molar-refractivity contribution >= 4 is 27.6 Å². The minimum atomic E-state index is -1.02. The quantitative estimate of drug-likeness (QED) is 0.592. The van der Waals surface area contributed by atoms with Gasteiger partial charge in [-0.25, -0.2) is 4.79 Å². The molecule has 0 aliphatic heterocycles. The molecule has 3 N–H and O–H groups in total. The zero-order valence-electron chi connectivity index (χ0n) is 8.65. The predicted octanol–water partition coefficient (Wildman–Crippen LogP) is 1.71. The van der Waals surface area contributed by atoms with Crippen LogP contribution in [0.5, 0.6) is 0 Å². The van der Waals surface area contributed by atoms with E-state index < -0.39 is 5.97 Å². The molecule has 3 aromatic rings. The van der Waals surface area contributed by atoms with Crippen molar-refractivity contribution in [1.29, 1.82) is 0 Å². The highest BCUT2D eigenvalue weighted by atomic mass is 16.4. The van der Waals surface area contributed by atoms with Gasteiger partial charge in [0, 0.05) is 10.8 Å². The van der Waals surface area contributed by atoms with Gasteiger partial charge in [0.1, 0.15) is 5.69 Å². The fourth-order valence-electron chi connectivity index (χ4n) is 2.01. The van der Waals surface area contributed by atoms with Gasteiger partial charge in [0.05, 0.1) is 5.52 Å². The highest BCUT2D eigenvalue weighted by molar-refractivity contribution is 6.11. The number of fused-ring (bicyclic) bond motifs is 3. The summed E-state index contributed by atoms with van der Waals surface area (Å²) in [4.78, 5) is 22.2. The third-order valence-electron chi connectivity index (χ3n) is 2.79. The molecule has 3 rings (SSSR count). The Labute approximate surface area is 94.7 Å². The lowest BCUT2D eigenvalue weighted by Gasteiger charge is -1.97. The lowest BCUT2D eigenvalue weighted by molar-refractivity contribution is 0.0692. The number of nitrogens with one attached hydrogen (secondary N) is 2. The number of benzene rings is 2. The first-order chi connectivity index (χ1) is 8.16. The first-order valence-corrected chi connectivity index (χ1v) is 5.03. The molecule has 0 spiro atoms. The van der Waals surface area contributed by atoms with E-state index in [4.69, 9.17) is 5.11 Å². The topological polar surface area (TPSA) is 85.9 Å². The highest BCUT2D eigenvalue weighted by Gasteiger charge is 2.12. The Morgan fingerprint density at radius 2 is 1.82 bits per heavy atom. The van der Waals surface area contributed by atoms with Crippen molar-refractivity contribution in [3.63, 3.8) is 0 Å². The Morgan fingerprint density at radius 3 is 2.59 bits per heavy atom. The predicted molar refractivity (Wildman–Crippen MR) is 63.4 cm³/mol. The molecule has 5 nitrogen and oxygen atoms in total. The van der Waals surface area contributed by atoms with Crippen LogP contribution in [-0.2, 0) is 0 Å². The van der Waals surface area contributed by atoms with Gasteiger partial charge in [-0.15, -0.1) is 0 Å². The maximum Gasteiger partial charge on any atom is 0.354 e. The molecule has 5 heteroatoms. The van der Waals surface area contributed by atoms with Gasteiger partial charge >= 0.3 is 5.97 Å². The lowest BCUT2D eigenvalue weighted by Crippen LogP contribution is -1.97. The van der Waals surface area contributed by atoms with Crippen LogP contribution in [0, 0.1) is 0 Å². The van der Waals surface area contributed by atoms with Crippen molar-refractivity contribution in [3.05, 3.63) is 46.2 Å². The number of aromatic nitrogens is 2. The molecule has 0 radical (unpaired) electrons. The van der Waals surface area contributed by atoms with Crippen LogP contribution >= 0.6 is 0 Å². The van der Waals surface area contributed by atoms with Crippen LogP contribution in [0.2, 0.25) is 0 Å². The molecular weight excluding hydrogens is 220 g/mol. The van der Waals surface area contributed by atoms with Crippen molar-refractivity contribution in [3.8, 4) is 0 Å². The fraction of sp³-hybridized carbons (Fsp3) is 0. The van der Waals surface area contributed by atoms with Crippen LogP contribution in [0.25, 0.3) is 21.7 Å². The minimum Gasteiger partial charge on any atom is -0.477 e. The number of carboxylic acid groups (broad SMARTS) is 1. The summed E-state index contributed by atoms with van der Waals surface area (Å²) in [5.41, 5.74) is 0.749. The number of aromatic amines is 2. The Morgan fingerprint density at radius 1 is 1.06 bits per heavy atom. The van der Waals surface area contributed by atoms with Crippen LogP contribution in [0.1, 0.15) is 10.5 Å². The average molecular weight is 228 g/mol. The second-order valence-corrected chi connectivity index (χ2v) is 3.80. The van der Waals surface area contributed by atoms with Gasteiger partial charge in [-0.05, 0) is 29.7 Å². The number of carboxylic acids is 1. The van der Waals surface area contributed by atoms with Crippen molar-refractivity contribution in [2.75, 3.05) is 0 Å². The fourth-order valence-corrected chi connectivity index (χ4v) is 2.01. The molecule has 0 fully saturated rings. The van der Waals surface area contributed by atoms with E-state index in [1.807, 2.05) is 0 Å². The summed E-state index contributed by atoms with van der Waals surface area (Å²) < 4.78 is 0. The van der Waals surface area contributed by atoms with Crippen LogP contribution in [0.3, 0.4) is 0 Å². The maximum absolute atomic E-state index is 11.2. The van der Waals surface area contributed by atoms with Gasteiger partial charge in [-0.1, -0.05) is 6.07 Å². The Hall–Kier alpha value is -2.56. The van der Waals surface area contributed by atoms with Crippen molar-refractivity contribution < 1.29 is 9.90 Å². The average Bonchev–Trinajstić information content (AvgIpc) is 2.72. The van der Waals surface area contributed by atoms with Gasteiger partial charge < -0.3 is 5.11 Å². The molecule has 1 aromatic heterocycles. The van der Waals surface area contributed by atoms with Crippen molar-refractivity contribution in [1.82, 2.24) is 10.2 Å². The highest BCUT2D eigenvalue weighted by Crippen LogP contribution is 2.24. The minimum absolute atomic E-state index is 0.0640. The summed E-state index contributed by atoms with van der Waals surface area (Å²) in [5, 5.41) is 16.6. The summed E-state index contributed by atoms with van der Waals surface area (Å²) in [5.74, 6) is -1.02. The Kier molecular flexibility index (Phi) is 1.82. The van der Waals surface area contributed by atoms with E-state index in [0.29, 0.717) is 10.9 Å². The SMILES string of the molecule is O=C(O)c1[nH][nH]c2c1ccc1cc(=O)ccc12. The number of carbonyl (C=O) groups is 1. The molecule has 17 heavy (non-hydrogen) atoms. The molecule has 0 unspecified atom stereocenters. The molecule has 2 aromatic carbocycles. The summed E-state index contributed by atoms with van der Waals surface area (Å²) in [6, 6.07) is 8.11. The first-order valence-electron chi connectivity index (χ1n) is 5.03. The van der Waals surface area contributed by atoms with Gasteiger partial charge in [0.15, 0.2) is 5.43 Å². The molecule has 0 saturated carbocycles. The Balaban J connectivity index is 2.49. The van der Waals surface area contributed by atoms with Crippen molar-refractivity contribution in [2.24, 2.45) is 0 Å². The summed E-state index contributed by atoms with van der Waals surface area (Å²) in [7, 11) is 0. The zero-order valence-corrected chi connectivity index (χ0v) is 8.65. The molecule has 0 aliphatic carbocycles. The second-order valence-electron chi connectivity index (χ2n) is 3.80. The number of rotatable bonds is 1. The van der Waals surface area contributed by atoms with Gasteiger partial charge in [-0.3, -0.25) is 15.0 Å². The van der Waals surface area contributed by atoms with Gasteiger partial charge in [0.2, 0.25) is 0 Å². The summed E-state index contributed by atoms with van der Waals surface area (Å²) in [6.45, 7) is 0. The molecule has 0 atom stereocenters. The number of hydrogen-bond donors (Lipinski definition) is 3. The van der Waals surface area contributed by atoms with E-state index in [1.54, 1.807) is 18.2 Å². The molecule has 0 aliphatic rings. The van der Waals surface area contributed by atoms with E-state index in [-0.39, 0.29) is 11.1 Å². The monoisotopic (exact) mass is 228 g/mol. The van der Waals surface area contributed by atoms with Crippen LogP contribution < -0.4 is 5.43 Å². The smallest absolute Gasteiger partial charge is 0.354 e. The van der Waals surface area contributed by atoms with E-state index >= 15 is 0 Å². The van der Waals surface area contributed by atoms with E-state index in [9.17, 15) is 9.59 Å². The summed E-state index contributed by atoms with van der Waals surface area (Å²) in [6.07, 6.45) is 0. The molecule has 1 heterocycles. The van der Waals surface area contributed by atoms with Crippen molar-refractivity contribution in [2.45, 2.75) is 0 Å². The lowest BCUT2D eigenvalue weighted by atomic mass is 10.1. The molecule has 0 bridgehead atoms. The number of hydrogen-bond acceptors (Lipinski definition) is 2. The van der Waals surface area contributed by atoms with Crippen LogP contribution in [0.15, 0.2) is 35.1 Å². The molecule has 0 saturated heterocycles. The summed E-state index contributed by atoms with van der Waals surface area (Å²) >= 11 is 0. The van der Waals surface area contributed by atoms with E-state index in [2.05, 4.69) is 10.2 Å². The maximum atomic E-state index is 11.2. The molecular formula is C12H8N2O3. The normalized spacial score (nSPS) is 11.1. The van der Waals surface area contributed by atoms with Gasteiger partial charge in [-0.2, -0.15) is 0 Å². The number of H-pyrrole nitrogens is 2. The standard InChI is InChI=1S/C12H8N2O3/c15-7-2-4-8-6(5-7)1-3-9-10(8)13-14-11(9)12(16)17/h1-5,13-14H,(H,16,17). The number of aromatic carboxylic acids is 1. The van der Waals surface area contributed by atoms with Gasteiger partial charge in [0.25, 0.3) is 0 Å². The first kappa shape index (κ1) is 9.65. The van der Waals surface area contributed by atoms with E-state index in [0.717, 1.165) is 10.8 Å². The molecule has 0 amide bonds. The third-order valence-corrected chi connectivity index (χ3v) is 2.79. The van der Waals surface area contributed by atoms with E-state index in [1.165, 1.54) is 12.1 Å². The Bertz CT molecular complexity index is 798. The van der Waals surface area contributed by atoms with Crippen LogP contribution in [0.4, 0.5) is 0 Å². The largest absolute Gasteiger partial charge is 0.477 e. The second kappa shape index (κ2) is 3.21. The zero-order chi connectivity index (χ0) is 12.0.